The van der Waals surface area contributed by atoms with Crippen LogP contribution in [0.15, 0.2) is 12.2 Å². The molecule has 0 amide bonds. The van der Waals surface area contributed by atoms with Crippen LogP contribution in [-0.2, 0) is 0 Å². The van der Waals surface area contributed by atoms with Crippen molar-refractivity contribution in [3.8, 4) is 0 Å². The summed E-state index contributed by atoms with van der Waals surface area (Å²) in [6.07, 6.45) is 4.00. The lowest BCUT2D eigenvalue weighted by Gasteiger charge is -1.59. The van der Waals surface area contributed by atoms with E-state index in [0.717, 1.165) is 0 Å². The Hall–Kier alpha value is -0.300. The first-order valence-corrected chi connectivity index (χ1v) is 3.49. The lowest BCUT2D eigenvalue weighted by Crippen LogP contribution is -1.89. The van der Waals surface area contributed by atoms with Gasteiger partial charge >= 0.3 is 0 Å². The Kier molecular flexibility index (Phi) is 83.6. The molecule has 0 spiro atoms. The summed E-state index contributed by atoms with van der Waals surface area (Å²) in [6.45, 7) is 8.00. The van der Waals surface area contributed by atoms with Gasteiger partial charge in [-0.15, -0.1) is 0 Å². The van der Waals surface area contributed by atoms with Gasteiger partial charge in [0.25, 0.3) is 0 Å². The topological polar surface area (TPSA) is 12.0 Å². The monoisotopic (exact) mass is 131 g/mol. The zero-order chi connectivity index (χ0) is 8.12. The van der Waals surface area contributed by atoms with Crippen LogP contribution >= 0.6 is 0 Å². The number of rotatable bonds is 0. The average Bonchev–Trinajstić information content (AvgIpc) is 1.94. The molecule has 0 radical (unpaired) electrons. The molecule has 1 N–H and O–H groups in total. The van der Waals surface area contributed by atoms with Crippen LogP contribution in [0.25, 0.3) is 0 Å². The summed E-state index contributed by atoms with van der Waals surface area (Å²) in [5.74, 6) is 0. The molecule has 0 aromatic heterocycles. The zero-order valence-corrected chi connectivity index (χ0v) is 7.65. The van der Waals surface area contributed by atoms with Crippen molar-refractivity contribution in [1.29, 1.82) is 0 Å². The molecule has 1 nitrogen and oxygen atoms in total. The van der Waals surface area contributed by atoms with Crippen LogP contribution < -0.4 is 5.32 Å². The minimum absolute atomic E-state index is 1.88. The molecule has 0 aromatic rings. The molecule has 0 atom stereocenters. The molecule has 9 heavy (non-hydrogen) atoms. The van der Waals surface area contributed by atoms with Gasteiger partial charge in [0.15, 0.2) is 0 Å². The Morgan fingerprint density at radius 3 is 1.00 bits per heavy atom. The number of hydrogen-bond donors (Lipinski definition) is 1. The maximum Gasteiger partial charge on any atom is -0.0167 e. The molecule has 0 saturated heterocycles. The van der Waals surface area contributed by atoms with Crippen LogP contribution in [0, 0.1) is 0 Å². The van der Waals surface area contributed by atoms with E-state index in [9.17, 15) is 0 Å². The van der Waals surface area contributed by atoms with Crippen molar-refractivity contribution in [2.75, 3.05) is 14.1 Å². The Balaban J connectivity index is -0.0000000646. The van der Waals surface area contributed by atoms with Gasteiger partial charge in [-0.2, -0.15) is 0 Å². The Morgan fingerprint density at radius 1 is 0.889 bits per heavy atom. The number of allylic oxidation sites excluding steroid dienone is 2. The molecule has 0 saturated carbocycles. The van der Waals surface area contributed by atoms with E-state index in [2.05, 4.69) is 5.32 Å². The van der Waals surface area contributed by atoms with E-state index in [1.54, 1.807) is 0 Å². The molecule has 0 fully saturated rings. The molecule has 0 unspecified atom stereocenters. The third-order valence-corrected chi connectivity index (χ3v) is 0.333. The Labute approximate surface area is 60.2 Å². The van der Waals surface area contributed by atoms with Crippen LogP contribution in [0.3, 0.4) is 0 Å². The van der Waals surface area contributed by atoms with Crippen molar-refractivity contribution in [2.45, 2.75) is 27.7 Å². The van der Waals surface area contributed by atoms with E-state index in [4.69, 9.17) is 0 Å². The molecule has 58 valence electrons. The molecule has 0 aliphatic heterocycles. The maximum absolute atomic E-state index is 2.75. The second-order valence-corrected chi connectivity index (χ2v) is 1.17. The van der Waals surface area contributed by atoms with E-state index < -0.39 is 0 Å². The van der Waals surface area contributed by atoms with Gasteiger partial charge in [-0.05, 0) is 27.9 Å². The standard InChI is InChI=1S/C4H8.C2H7N.C2H6/c1-3-4-2;1-3-2;1-2/h3-4H,1-2H3;3H,1-2H3;1-2H3. The zero-order valence-electron chi connectivity index (χ0n) is 7.65. The third-order valence-electron chi connectivity index (χ3n) is 0.333. The van der Waals surface area contributed by atoms with Gasteiger partial charge in [-0.3, -0.25) is 0 Å². The molecule has 0 aromatic carbocycles. The summed E-state index contributed by atoms with van der Waals surface area (Å²) in [5, 5.41) is 2.75. The largest absolute Gasteiger partial charge is 0.323 e. The van der Waals surface area contributed by atoms with E-state index in [1.165, 1.54) is 0 Å². The Morgan fingerprint density at radius 2 is 1.00 bits per heavy atom. The van der Waals surface area contributed by atoms with Gasteiger partial charge in [0, 0.05) is 0 Å². The molecular formula is C8H21N. The highest BCUT2D eigenvalue weighted by Gasteiger charge is 1.34. The van der Waals surface area contributed by atoms with Gasteiger partial charge in [-0.1, -0.05) is 26.0 Å². The second kappa shape index (κ2) is 47.4. The first-order valence-electron chi connectivity index (χ1n) is 3.49. The quantitative estimate of drug-likeness (QED) is 0.498. The molecule has 0 bridgehead atoms. The fraction of sp³-hybridized carbons (Fsp3) is 0.750. The molecule has 0 heterocycles. The predicted molar refractivity (Wildman–Crippen MR) is 46.8 cm³/mol. The SMILES string of the molecule is CC.CC=CC.CNC. The fourth-order valence-electron chi connectivity index (χ4n) is 0. The predicted octanol–water partition coefficient (Wildman–Crippen LogP) is 2.44. The molecule has 0 aliphatic carbocycles. The summed E-state index contributed by atoms with van der Waals surface area (Å²) >= 11 is 0. The highest BCUT2D eigenvalue weighted by molar-refractivity contribution is 4.68. The lowest BCUT2D eigenvalue weighted by molar-refractivity contribution is 1.02. The number of hydrogen-bond acceptors (Lipinski definition) is 1. The Bertz CT molecular complexity index is 27.5. The van der Waals surface area contributed by atoms with Gasteiger partial charge in [0.1, 0.15) is 0 Å². The van der Waals surface area contributed by atoms with E-state index in [0.29, 0.717) is 0 Å². The fourth-order valence-corrected chi connectivity index (χ4v) is 0. The summed E-state index contributed by atoms with van der Waals surface area (Å²) < 4.78 is 0. The normalized spacial score (nSPS) is 6.89. The van der Waals surface area contributed by atoms with Crippen molar-refractivity contribution >= 4 is 0 Å². The van der Waals surface area contributed by atoms with Gasteiger partial charge in [-0.25, -0.2) is 0 Å². The third kappa shape index (κ3) is 511. The lowest BCUT2D eigenvalue weighted by atomic mass is 10.6. The minimum atomic E-state index is 1.88. The average molecular weight is 131 g/mol. The van der Waals surface area contributed by atoms with E-state index in [-0.39, 0.29) is 0 Å². The molecular weight excluding hydrogens is 110 g/mol. The summed E-state index contributed by atoms with van der Waals surface area (Å²) in [5.41, 5.74) is 0. The minimum Gasteiger partial charge on any atom is -0.323 e. The summed E-state index contributed by atoms with van der Waals surface area (Å²) in [6, 6.07) is 0. The highest BCUT2D eigenvalue weighted by Crippen LogP contribution is 1.57. The van der Waals surface area contributed by atoms with E-state index in [1.807, 2.05) is 53.9 Å². The summed E-state index contributed by atoms with van der Waals surface area (Å²) in [4.78, 5) is 0. The number of nitrogens with one attached hydrogen (secondary N) is 1. The molecule has 0 rings (SSSR count). The molecule has 1 heteroatoms. The van der Waals surface area contributed by atoms with Crippen LogP contribution in [-0.4, -0.2) is 14.1 Å². The first kappa shape index (κ1) is 15.9. The maximum atomic E-state index is 2.75. The van der Waals surface area contributed by atoms with Crippen molar-refractivity contribution in [3.63, 3.8) is 0 Å². The van der Waals surface area contributed by atoms with Crippen molar-refractivity contribution in [3.05, 3.63) is 12.2 Å². The van der Waals surface area contributed by atoms with Gasteiger partial charge < -0.3 is 5.32 Å². The van der Waals surface area contributed by atoms with Crippen molar-refractivity contribution in [2.24, 2.45) is 0 Å². The van der Waals surface area contributed by atoms with Gasteiger partial charge in [0.05, 0.1) is 0 Å². The first-order chi connectivity index (χ1) is 4.33. The van der Waals surface area contributed by atoms with E-state index >= 15 is 0 Å². The highest BCUT2D eigenvalue weighted by atomic mass is 14.7. The smallest absolute Gasteiger partial charge is 0.0167 e. The van der Waals surface area contributed by atoms with Gasteiger partial charge in [0.2, 0.25) is 0 Å². The van der Waals surface area contributed by atoms with Crippen molar-refractivity contribution < 1.29 is 0 Å². The van der Waals surface area contributed by atoms with Crippen LogP contribution in [0.4, 0.5) is 0 Å². The second-order valence-electron chi connectivity index (χ2n) is 1.17. The molecule has 0 aliphatic rings. The van der Waals surface area contributed by atoms with Crippen molar-refractivity contribution in [1.82, 2.24) is 5.32 Å². The summed E-state index contributed by atoms with van der Waals surface area (Å²) in [7, 11) is 3.75. The van der Waals surface area contributed by atoms with Crippen LogP contribution in [0.5, 0.6) is 0 Å². The van der Waals surface area contributed by atoms with Crippen LogP contribution in [0.1, 0.15) is 27.7 Å². The van der Waals surface area contributed by atoms with Crippen LogP contribution in [0.2, 0.25) is 0 Å².